The fourth-order valence-electron chi connectivity index (χ4n) is 3.30. The van der Waals surface area contributed by atoms with E-state index in [4.69, 9.17) is 4.74 Å². The fraction of sp³-hybridized carbons (Fsp3) is 0.292. The standard InChI is InChI=1S/C24H26N2O3S/c27-30(28,16-4-5-19-9-10-19)24-8-3-7-21(17-24)26-20-11-13-23(14-12-20)29-18-22-6-1-2-15-25-22/h1-3,6-8,11-15,17,19,26H,4-5,9-10,16,18H2. The molecule has 0 bridgehead atoms. The largest absolute Gasteiger partial charge is 0.487 e. The molecule has 1 heterocycles. The first-order chi connectivity index (χ1) is 14.6. The van der Waals surface area contributed by atoms with E-state index in [1.54, 1.807) is 24.4 Å². The lowest BCUT2D eigenvalue weighted by molar-refractivity contribution is 0.301. The quantitative estimate of drug-likeness (QED) is 0.476. The molecule has 0 unspecified atom stereocenters. The highest BCUT2D eigenvalue weighted by atomic mass is 32.2. The van der Waals surface area contributed by atoms with Gasteiger partial charge in [-0.05, 0) is 73.4 Å². The van der Waals surface area contributed by atoms with Crippen LogP contribution >= 0.6 is 0 Å². The van der Waals surface area contributed by atoms with Crippen molar-refractivity contribution in [3.63, 3.8) is 0 Å². The second-order valence-corrected chi connectivity index (χ2v) is 9.80. The first kappa shape index (κ1) is 20.4. The van der Waals surface area contributed by atoms with E-state index in [-0.39, 0.29) is 5.75 Å². The van der Waals surface area contributed by atoms with Crippen LogP contribution in [-0.4, -0.2) is 19.2 Å². The van der Waals surface area contributed by atoms with Crippen LogP contribution in [0, 0.1) is 5.92 Å². The van der Waals surface area contributed by atoms with Crippen LogP contribution in [-0.2, 0) is 16.4 Å². The topological polar surface area (TPSA) is 68.3 Å². The molecule has 1 aliphatic rings. The highest BCUT2D eigenvalue weighted by Gasteiger charge is 2.22. The molecule has 3 aromatic rings. The molecule has 1 N–H and O–H groups in total. The summed E-state index contributed by atoms with van der Waals surface area (Å²) in [5.41, 5.74) is 2.48. The predicted octanol–water partition coefficient (Wildman–Crippen LogP) is 5.37. The lowest BCUT2D eigenvalue weighted by Gasteiger charge is -2.11. The van der Waals surface area contributed by atoms with Crippen molar-refractivity contribution in [1.82, 2.24) is 4.98 Å². The number of hydrogen-bond acceptors (Lipinski definition) is 5. The molecule has 0 atom stereocenters. The van der Waals surface area contributed by atoms with Gasteiger partial charge in [0.2, 0.25) is 0 Å². The molecular formula is C24H26N2O3S. The summed E-state index contributed by atoms with van der Waals surface area (Å²) < 4.78 is 31.0. The second kappa shape index (κ2) is 9.30. The lowest BCUT2D eigenvalue weighted by atomic mass is 10.2. The van der Waals surface area contributed by atoms with Crippen molar-refractivity contribution in [2.75, 3.05) is 11.1 Å². The number of ether oxygens (including phenoxy) is 1. The SMILES string of the molecule is O=S(=O)(CCCC1CC1)c1cccc(Nc2ccc(OCc3ccccn3)cc2)c1. The van der Waals surface area contributed by atoms with Crippen molar-refractivity contribution in [2.24, 2.45) is 5.92 Å². The van der Waals surface area contributed by atoms with Crippen LogP contribution in [0.15, 0.2) is 77.8 Å². The van der Waals surface area contributed by atoms with Crippen molar-refractivity contribution in [3.8, 4) is 5.75 Å². The molecule has 0 saturated heterocycles. The van der Waals surface area contributed by atoms with Gasteiger partial charge in [-0.3, -0.25) is 4.98 Å². The van der Waals surface area contributed by atoms with Crippen LogP contribution in [0.3, 0.4) is 0 Å². The summed E-state index contributed by atoms with van der Waals surface area (Å²) in [7, 11) is -3.25. The van der Waals surface area contributed by atoms with Crippen LogP contribution < -0.4 is 10.1 Å². The van der Waals surface area contributed by atoms with Gasteiger partial charge in [-0.25, -0.2) is 8.42 Å². The third kappa shape index (κ3) is 5.83. The van der Waals surface area contributed by atoms with Gasteiger partial charge in [0.15, 0.2) is 9.84 Å². The third-order valence-electron chi connectivity index (χ3n) is 5.17. The van der Waals surface area contributed by atoms with E-state index < -0.39 is 9.84 Å². The fourth-order valence-corrected chi connectivity index (χ4v) is 4.67. The van der Waals surface area contributed by atoms with E-state index in [9.17, 15) is 8.42 Å². The average molecular weight is 423 g/mol. The Morgan fingerprint density at radius 2 is 1.80 bits per heavy atom. The highest BCUT2D eigenvalue weighted by Crippen LogP contribution is 2.34. The normalized spacial score (nSPS) is 13.7. The number of nitrogens with one attached hydrogen (secondary N) is 1. The summed E-state index contributed by atoms with van der Waals surface area (Å²) >= 11 is 0. The summed E-state index contributed by atoms with van der Waals surface area (Å²) in [6, 6.07) is 20.3. The van der Waals surface area contributed by atoms with Gasteiger partial charge in [-0.1, -0.05) is 25.0 Å². The Morgan fingerprint density at radius 3 is 2.53 bits per heavy atom. The van der Waals surface area contributed by atoms with Gasteiger partial charge in [0.1, 0.15) is 12.4 Å². The molecule has 0 radical (unpaired) electrons. The molecule has 1 aromatic heterocycles. The van der Waals surface area contributed by atoms with Crippen LogP contribution in [0.4, 0.5) is 11.4 Å². The maximum Gasteiger partial charge on any atom is 0.178 e. The van der Waals surface area contributed by atoms with E-state index in [0.717, 1.165) is 41.6 Å². The van der Waals surface area contributed by atoms with Gasteiger partial charge in [0, 0.05) is 17.6 Å². The van der Waals surface area contributed by atoms with Crippen LogP contribution in [0.2, 0.25) is 0 Å². The summed E-state index contributed by atoms with van der Waals surface area (Å²) in [4.78, 5) is 4.61. The Morgan fingerprint density at radius 1 is 0.967 bits per heavy atom. The number of anilines is 2. The molecule has 0 spiro atoms. The molecule has 1 aliphatic carbocycles. The van der Waals surface area contributed by atoms with E-state index in [1.807, 2.05) is 48.5 Å². The zero-order valence-electron chi connectivity index (χ0n) is 16.8. The van der Waals surface area contributed by atoms with Crippen molar-refractivity contribution in [2.45, 2.75) is 37.2 Å². The molecule has 0 amide bonds. The third-order valence-corrected chi connectivity index (χ3v) is 6.97. The maximum atomic E-state index is 12.6. The van der Waals surface area contributed by atoms with Gasteiger partial charge in [0.25, 0.3) is 0 Å². The Balaban J connectivity index is 1.35. The second-order valence-electron chi connectivity index (χ2n) is 7.69. The number of aromatic nitrogens is 1. The summed E-state index contributed by atoms with van der Waals surface area (Å²) in [5, 5.41) is 3.27. The number of sulfone groups is 1. The Hall–Kier alpha value is -2.86. The molecule has 2 aromatic carbocycles. The number of hydrogen-bond donors (Lipinski definition) is 1. The van der Waals surface area contributed by atoms with Crippen molar-refractivity contribution in [1.29, 1.82) is 0 Å². The van der Waals surface area contributed by atoms with Crippen molar-refractivity contribution in [3.05, 3.63) is 78.6 Å². The van der Waals surface area contributed by atoms with E-state index in [1.165, 1.54) is 12.8 Å². The van der Waals surface area contributed by atoms with Gasteiger partial charge >= 0.3 is 0 Å². The average Bonchev–Trinajstić information content (AvgIpc) is 3.59. The van der Waals surface area contributed by atoms with Crippen LogP contribution in [0.25, 0.3) is 0 Å². The number of rotatable bonds is 10. The summed E-state index contributed by atoms with van der Waals surface area (Å²) in [6.07, 6.45) is 6.02. The highest BCUT2D eigenvalue weighted by molar-refractivity contribution is 7.91. The zero-order valence-corrected chi connectivity index (χ0v) is 17.6. The molecule has 1 saturated carbocycles. The molecule has 5 nitrogen and oxygen atoms in total. The molecule has 6 heteroatoms. The zero-order chi connectivity index (χ0) is 20.8. The minimum atomic E-state index is -3.25. The molecule has 1 fully saturated rings. The Bertz CT molecular complexity index is 1060. The smallest absolute Gasteiger partial charge is 0.178 e. The van der Waals surface area contributed by atoms with Gasteiger partial charge in [-0.2, -0.15) is 0 Å². The molecular weight excluding hydrogens is 396 g/mol. The van der Waals surface area contributed by atoms with E-state index in [0.29, 0.717) is 11.5 Å². The summed E-state index contributed by atoms with van der Waals surface area (Å²) in [5.74, 6) is 1.72. The molecule has 0 aliphatic heterocycles. The monoisotopic (exact) mass is 422 g/mol. The van der Waals surface area contributed by atoms with Crippen molar-refractivity contribution >= 4 is 21.2 Å². The first-order valence-corrected chi connectivity index (χ1v) is 12.0. The van der Waals surface area contributed by atoms with Crippen LogP contribution in [0.5, 0.6) is 5.75 Å². The number of pyridine rings is 1. The number of nitrogens with zero attached hydrogens (tertiary/aromatic N) is 1. The van der Waals surface area contributed by atoms with E-state index >= 15 is 0 Å². The van der Waals surface area contributed by atoms with Gasteiger partial charge < -0.3 is 10.1 Å². The molecule has 30 heavy (non-hydrogen) atoms. The molecule has 4 rings (SSSR count). The Kier molecular flexibility index (Phi) is 6.33. The van der Waals surface area contributed by atoms with E-state index in [2.05, 4.69) is 10.3 Å². The minimum absolute atomic E-state index is 0.218. The summed E-state index contributed by atoms with van der Waals surface area (Å²) in [6.45, 7) is 0.411. The minimum Gasteiger partial charge on any atom is -0.487 e. The number of benzene rings is 2. The predicted molar refractivity (Wildman–Crippen MR) is 119 cm³/mol. The lowest BCUT2D eigenvalue weighted by Crippen LogP contribution is -2.07. The molecule has 156 valence electrons. The van der Waals surface area contributed by atoms with Gasteiger partial charge in [-0.15, -0.1) is 0 Å². The van der Waals surface area contributed by atoms with Gasteiger partial charge in [0.05, 0.1) is 16.3 Å². The maximum absolute atomic E-state index is 12.6. The van der Waals surface area contributed by atoms with Crippen LogP contribution in [0.1, 0.15) is 31.4 Å². The van der Waals surface area contributed by atoms with Crippen molar-refractivity contribution < 1.29 is 13.2 Å². The Labute approximate surface area is 178 Å². The first-order valence-electron chi connectivity index (χ1n) is 10.3.